The van der Waals surface area contributed by atoms with E-state index in [1.165, 1.54) is 12.1 Å². The van der Waals surface area contributed by atoms with Crippen LogP contribution in [-0.4, -0.2) is 56.6 Å². The van der Waals surface area contributed by atoms with Gasteiger partial charge in [0.25, 0.3) is 0 Å². The van der Waals surface area contributed by atoms with Gasteiger partial charge in [0.05, 0.1) is 17.6 Å². The number of halogens is 1. The molecule has 8 heteroatoms. The molecule has 0 amide bonds. The predicted molar refractivity (Wildman–Crippen MR) is 133 cm³/mol. The number of fused-ring (bicyclic) bond motifs is 1. The molecule has 4 aromatic rings. The van der Waals surface area contributed by atoms with Crippen LogP contribution in [0.1, 0.15) is 24.8 Å². The Morgan fingerprint density at radius 1 is 0.941 bits per heavy atom. The molecule has 1 unspecified atom stereocenters. The maximum absolute atomic E-state index is 13.4. The van der Waals surface area contributed by atoms with E-state index in [1.54, 1.807) is 12.4 Å². The number of nitrogens with one attached hydrogen (secondary N) is 2. The molecule has 2 aromatic carbocycles. The second kappa shape index (κ2) is 10.6. The molecule has 2 N–H and O–H groups in total. The van der Waals surface area contributed by atoms with Gasteiger partial charge in [0.1, 0.15) is 5.82 Å². The van der Waals surface area contributed by atoms with Crippen LogP contribution < -0.4 is 10.6 Å². The minimum atomic E-state index is -0.216. The predicted octanol–water partition coefficient (Wildman–Crippen LogP) is 4.39. The van der Waals surface area contributed by atoms with Crippen molar-refractivity contribution < 1.29 is 4.39 Å². The molecule has 1 atom stereocenters. The summed E-state index contributed by atoms with van der Waals surface area (Å²) in [5.41, 5.74) is 3.10. The Morgan fingerprint density at radius 2 is 1.76 bits per heavy atom. The van der Waals surface area contributed by atoms with E-state index in [9.17, 15) is 4.39 Å². The maximum atomic E-state index is 13.4. The minimum Gasteiger partial charge on any atom is -0.353 e. The molecule has 0 aliphatic carbocycles. The second-order valence-corrected chi connectivity index (χ2v) is 8.75. The number of rotatable bonds is 8. The van der Waals surface area contributed by atoms with Gasteiger partial charge < -0.3 is 20.1 Å². The molecule has 7 nitrogen and oxygen atoms in total. The molecule has 1 aliphatic heterocycles. The fraction of sp³-hybridized carbons (Fsp3) is 0.346. The third-order valence-electron chi connectivity index (χ3n) is 6.34. The first-order valence-corrected chi connectivity index (χ1v) is 11.9. The molecule has 3 heterocycles. The van der Waals surface area contributed by atoms with Gasteiger partial charge in [-0.1, -0.05) is 24.3 Å². The largest absolute Gasteiger partial charge is 0.353 e. The summed E-state index contributed by atoms with van der Waals surface area (Å²) in [7, 11) is 0. The van der Waals surface area contributed by atoms with Crippen molar-refractivity contribution in [1.82, 2.24) is 24.4 Å². The molecular weight excluding hydrogens is 429 g/mol. The Morgan fingerprint density at radius 3 is 2.62 bits per heavy atom. The molecule has 1 fully saturated rings. The molecule has 0 radical (unpaired) electrons. The lowest BCUT2D eigenvalue weighted by Gasteiger charge is -2.21. The van der Waals surface area contributed by atoms with Crippen LogP contribution in [0.5, 0.6) is 0 Å². The smallest absolute Gasteiger partial charge is 0.222 e. The van der Waals surface area contributed by atoms with Crippen LogP contribution in [0.25, 0.3) is 11.0 Å². The molecule has 0 bridgehead atoms. The number of hydrogen-bond donors (Lipinski definition) is 2. The van der Waals surface area contributed by atoms with Gasteiger partial charge in [-0.15, -0.1) is 0 Å². The topological polar surface area (TPSA) is 70.9 Å². The lowest BCUT2D eigenvalue weighted by Crippen LogP contribution is -2.31. The highest BCUT2D eigenvalue weighted by molar-refractivity contribution is 5.78. The van der Waals surface area contributed by atoms with Crippen LogP contribution in [0.2, 0.25) is 0 Å². The third-order valence-corrected chi connectivity index (χ3v) is 6.34. The lowest BCUT2D eigenvalue weighted by molar-refractivity contribution is 0.295. The molecule has 2 aromatic heterocycles. The van der Waals surface area contributed by atoms with E-state index in [0.717, 1.165) is 68.0 Å². The zero-order valence-corrected chi connectivity index (χ0v) is 19.2. The number of para-hydroxylation sites is 2. The van der Waals surface area contributed by atoms with Crippen molar-refractivity contribution >= 4 is 22.9 Å². The Labute approximate surface area is 199 Å². The van der Waals surface area contributed by atoms with E-state index in [2.05, 4.69) is 36.1 Å². The highest BCUT2D eigenvalue weighted by Gasteiger charge is 2.20. The fourth-order valence-corrected chi connectivity index (χ4v) is 4.54. The highest BCUT2D eigenvalue weighted by Crippen LogP contribution is 2.24. The molecule has 1 saturated heterocycles. The van der Waals surface area contributed by atoms with Gasteiger partial charge in [-0.25, -0.2) is 19.3 Å². The standard InChI is InChI=1S/C26H30FN7/c27-21-10-8-20(9-11-21)19-34-24-7-2-1-6-23(24)32-26(34)31-22-5-3-16-33(17-12-22)18-15-30-25-28-13-4-14-29-25/h1-2,4,6-11,13-14,22H,3,5,12,15-19H2,(H,31,32)(H,28,29,30). The van der Waals surface area contributed by atoms with Crippen molar-refractivity contribution in [3.05, 3.63) is 78.4 Å². The summed E-state index contributed by atoms with van der Waals surface area (Å²) in [5.74, 6) is 1.34. The number of benzene rings is 2. The van der Waals surface area contributed by atoms with Gasteiger partial charge in [0.2, 0.25) is 11.9 Å². The zero-order valence-electron chi connectivity index (χ0n) is 19.2. The van der Waals surface area contributed by atoms with Crippen molar-refractivity contribution in [2.75, 3.05) is 36.8 Å². The van der Waals surface area contributed by atoms with Crippen LogP contribution in [0.3, 0.4) is 0 Å². The van der Waals surface area contributed by atoms with Crippen LogP contribution in [0, 0.1) is 5.82 Å². The van der Waals surface area contributed by atoms with E-state index in [1.807, 2.05) is 36.4 Å². The highest BCUT2D eigenvalue weighted by atomic mass is 19.1. The van der Waals surface area contributed by atoms with E-state index in [0.29, 0.717) is 18.5 Å². The van der Waals surface area contributed by atoms with Gasteiger partial charge in [-0.3, -0.25) is 0 Å². The first-order valence-electron chi connectivity index (χ1n) is 11.9. The van der Waals surface area contributed by atoms with Gasteiger partial charge in [0, 0.05) is 38.1 Å². The van der Waals surface area contributed by atoms with Gasteiger partial charge in [-0.05, 0) is 61.7 Å². The molecular formula is C26H30FN7. The molecule has 5 rings (SSSR count). The quantitative estimate of drug-likeness (QED) is 0.407. The number of likely N-dealkylation sites (tertiary alicyclic amines) is 1. The van der Waals surface area contributed by atoms with Gasteiger partial charge in [-0.2, -0.15) is 0 Å². The first-order chi connectivity index (χ1) is 16.7. The van der Waals surface area contributed by atoms with Crippen molar-refractivity contribution in [1.29, 1.82) is 0 Å². The average molecular weight is 460 g/mol. The summed E-state index contributed by atoms with van der Waals surface area (Å²) in [6.07, 6.45) is 6.80. The Hall–Kier alpha value is -3.52. The SMILES string of the molecule is Fc1ccc(Cn2c(NC3CCCN(CCNc4ncccn4)CC3)nc3ccccc32)cc1. The van der Waals surface area contributed by atoms with Crippen molar-refractivity contribution in [3.63, 3.8) is 0 Å². The number of hydrogen-bond acceptors (Lipinski definition) is 6. The summed E-state index contributed by atoms with van der Waals surface area (Å²) >= 11 is 0. The van der Waals surface area contributed by atoms with Crippen LogP contribution >= 0.6 is 0 Å². The van der Waals surface area contributed by atoms with Gasteiger partial charge >= 0.3 is 0 Å². The Balaban J connectivity index is 1.23. The molecule has 0 spiro atoms. The summed E-state index contributed by atoms with van der Waals surface area (Å²) in [6.45, 7) is 4.56. The number of imidazole rings is 1. The molecule has 176 valence electrons. The van der Waals surface area contributed by atoms with Crippen LogP contribution in [0.15, 0.2) is 67.0 Å². The normalized spacial score (nSPS) is 16.9. The summed E-state index contributed by atoms with van der Waals surface area (Å²) < 4.78 is 15.6. The van der Waals surface area contributed by atoms with E-state index >= 15 is 0 Å². The van der Waals surface area contributed by atoms with Crippen LogP contribution in [0.4, 0.5) is 16.3 Å². The number of nitrogens with zero attached hydrogens (tertiary/aromatic N) is 5. The van der Waals surface area contributed by atoms with E-state index in [4.69, 9.17) is 4.98 Å². The van der Waals surface area contributed by atoms with Crippen molar-refractivity contribution in [2.45, 2.75) is 31.8 Å². The molecule has 0 saturated carbocycles. The molecule has 1 aliphatic rings. The number of anilines is 2. The second-order valence-electron chi connectivity index (χ2n) is 8.75. The zero-order chi connectivity index (χ0) is 23.2. The van der Waals surface area contributed by atoms with E-state index in [-0.39, 0.29) is 5.82 Å². The Bertz CT molecular complexity index is 1190. The summed E-state index contributed by atoms with van der Waals surface area (Å²) in [4.78, 5) is 15.8. The van der Waals surface area contributed by atoms with Crippen molar-refractivity contribution in [3.8, 4) is 0 Å². The lowest BCUT2D eigenvalue weighted by atomic mass is 10.1. The average Bonchev–Trinajstić information content (AvgIpc) is 3.03. The summed E-state index contributed by atoms with van der Waals surface area (Å²) in [6, 6.07) is 17.1. The first kappa shape index (κ1) is 22.3. The van der Waals surface area contributed by atoms with Gasteiger partial charge in [0.15, 0.2) is 0 Å². The number of aromatic nitrogens is 4. The molecule has 34 heavy (non-hydrogen) atoms. The Kier molecular flexibility index (Phi) is 6.95. The minimum absolute atomic E-state index is 0.216. The van der Waals surface area contributed by atoms with E-state index < -0.39 is 0 Å². The van der Waals surface area contributed by atoms with Crippen LogP contribution in [-0.2, 0) is 6.54 Å². The fourth-order valence-electron chi connectivity index (χ4n) is 4.54. The van der Waals surface area contributed by atoms with Crippen molar-refractivity contribution in [2.24, 2.45) is 0 Å². The summed E-state index contributed by atoms with van der Waals surface area (Å²) in [5, 5.41) is 7.02. The third kappa shape index (κ3) is 5.51. The monoisotopic (exact) mass is 459 g/mol. The maximum Gasteiger partial charge on any atom is 0.222 e.